The second-order valence-electron chi connectivity index (χ2n) is 9.93. The Labute approximate surface area is 235 Å². The molecule has 206 valence electrons. The number of nitro groups is 1. The first-order valence-corrected chi connectivity index (χ1v) is 13.2. The van der Waals surface area contributed by atoms with Crippen LogP contribution in [0.2, 0.25) is 0 Å². The van der Waals surface area contributed by atoms with Gasteiger partial charge in [-0.25, -0.2) is 4.39 Å². The van der Waals surface area contributed by atoms with Crippen molar-refractivity contribution < 1.29 is 23.6 Å². The Morgan fingerprint density at radius 1 is 0.951 bits per heavy atom. The molecule has 1 aliphatic rings. The van der Waals surface area contributed by atoms with Crippen molar-refractivity contribution in [3.63, 3.8) is 0 Å². The number of non-ortho nitro benzene ring substituents is 1. The highest BCUT2D eigenvalue weighted by Gasteiger charge is 2.25. The van der Waals surface area contributed by atoms with Crippen molar-refractivity contribution in [2.75, 3.05) is 6.79 Å². The summed E-state index contributed by atoms with van der Waals surface area (Å²) in [5.74, 6) is 0.216. The topological polar surface area (TPSA) is 95.6 Å². The van der Waals surface area contributed by atoms with E-state index < -0.39 is 10.8 Å². The molecule has 0 fully saturated rings. The molecule has 4 aromatic carbocycles. The monoisotopic (exact) mass is 551 g/mol. The van der Waals surface area contributed by atoms with Gasteiger partial charge in [0.1, 0.15) is 5.82 Å². The van der Waals surface area contributed by atoms with Gasteiger partial charge in [0.15, 0.2) is 11.5 Å². The van der Waals surface area contributed by atoms with Crippen molar-refractivity contribution in [2.24, 2.45) is 0 Å². The lowest BCUT2D eigenvalue weighted by Crippen LogP contribution is -2.25. The third-order valence-electron chi connectivity index (χ3n) is 7.27. The van der Waals surface area contributed by atoms with Gasteiger partial charge in [-0.1, -0.05) is 48.5 Å². The number of ether oxygens (including phenoxy) is 2. The average molecular weight is 552 g/mol. The summed E-state index contributed by atoms with van der Waals surface area (Å²) in [5.41, 5.74) is 4.17. The summed E-state index contributed by atoms with van der Waals surface area (Å²) >= 11 is 0. The Morgan fingerprint density at radius 3 is 2.51 bits per heavy atom. The number of fused-ring (bicyclic) bond motifs is 2. The van der Waals surface area contributed by atoms with E-state index in [1.54, 1.807) is 30.3 Å². The zero-order valence-corrected chi connectivity index (χ0v) is 22.0. The van der Waals surface area contributed by atoms with Gasteiger partial charge in [0, 0.05) is 54.7 Å². The van der Waals surface area contributed by atoms with Crippen LogP contribution in [0.5, 0.6) is 11.5 Å². The minimum Gasteiger partial charge on any atom is -0.454 e. The lowest BCUT2D eigenvalue weighted by Gasteiger charge is -2.17. The van der Waals surface area contributed by atoms with E-state index in [9.17, 15) is 19.3 Å². The molecular weight excluding hydrogens is 525 g/mol. The number of rotatable bonds is 9. The maximum absolute atomic E-state index is 13.9. The van der Waals surface area contributed by atoms with Gasteiger partial charge in [0.25, 0.3) is 5.69 Å². The molecule has 0 radical (unpaired) electrons. The fourth-order valence-corrected chi connectivity index (χ4v) is 5.23. The molecule has 2 heterocycles. The molecule has 1 amide bonds. The molecule has 1 aromatic heterocycles. The molecule has 0 aliphatic carbocycles. The third-order valence-corrected chi connectivity index (χ3v) is 7.27. The largest absolute Gasteiger partial charge is 0.454 e. The molecule has 1 atom stereocenters. The Morgan fingerprint density at radius 2 is 1.73 bits per heavy atom. The smallest absolute Gasteiger partial charge is 0.270 e. The Kier molecular flexibility index (Phi) is 7.08. The molecule has 41 heavy (non-hydrogen) atoms. The van der Waals surface area contributed by atoms with Crippen molar-refractivity contribution in [2.45, 2.75) is 25.4 Å². The summed E-state index contributed by atoms with van der Waals surface area (Å²) in [7, 11) is 0. The van der Waals surface area contributed by atoms with Crippen LogP contribution in [0.1, 0.15) is 34.6 Å². The maximum Gasteiger partial charge on any atom is 0.270 e. The lowest BCUT2D eigenvalue weighted by atomic mass is 9.88. The summed E-state index contributed by atoms with van der Waals surface area (Å²) in [6, 6.07) is 26.2. The molecule has 1 N–H and O–H groups in total. The van der Waals surface area contributed by atoms with Crippen LogP contribution in [0.3, 0.4) is 0 Å². The van der Waals surface area contributed by atoms with Gasteiger partial charge in [-0.2, -0.15) is 0 Å². The van der Waals surface area contributed by atoms with Crippen molar-refractivity contribution in [3.05, 3.63) is 135 Å². The van der Waals surface area contributed by atoms with Crippen molar-refractivity contribution in [1.82, 2.24) is 9.88 Å². The zero-order valence-electron chi connectivity index (χ0n) is 22.0. The van der Waals surface area contributed by atoms with E-state index in [0.29, 0.717) is 23.4 Å². The summed E-state index contributed by atoms with van der Waals surface area (Å²) < 4.78 is 26.7. The van der Waals surface area contributed by atoms with E-state index in [0.717, 1.165) is 27.8 Å². The standard InChI is InChI=1S/C32H26FN3O5/c33-24-9-7-23(8-10-24)26(16-32(37)34-17-22-6-13-30-31(14-22)41-20-40-30)28-19-35(18-21-4-2-1-3-5-21)29-12-11-25(36(38)39)15-27(28)29/h1-15,19,26H,16-18,20H2,(H,34,37). The normalized spacial score (nSPS) is 12.8. The van der Waals surface area contributed by atoms with E-state index in [2.05, 4.69) is 5.32 Å². The third kappa shape index (κ3) is 5.60. The minimum atomic E-state index is -0.478. The maximum atomic E-state index is 13.9. The lowest BCUT2D eigenvalue weighted by molar-refractivity contribution is -0.384. The Balaban J connectivity index is 1.35. The Bertz CT molecular complexity index is 1730. The highest BCUT2D eigenvalue weighted by molar-refractivity contribution is 5.88. The van der Waals surface area contributed by atoms with Crippen molar-refractivity contribution >= 4 is 22.5 Å². The fourth-order valence-electron chi connectivity index (χ4n) is 5.23. The molecule has 5 aromatic rings. The van der Waals surface area contributed by atoms with Crippen LogP contribution in [0.25, 0.3) is 10.9 Å². The van der Waals surface area contributed by atoms with E-state index in [1.807, 2.05) is 53.2 Å². The average Bonchev–Trinajstić information content (AvgIpc) is 3.60. The SMILES string of the molecule is O=C(CC(c1ccc(F)cc1)c1cn(Cc2ccccc2)c2ccc([N+](=O)[O-])cc12)NCc1ccc2c(c1)OCO2. The van der Waals surface area contributed by atoms with Gasteiger partial charge < -0.3 is 19.4 Å². The van der Waals surface area contributed by atoms with Crippen molar-refractivity contribution in [3.8, 4) is 11.5 Å². The quantitative estimate of drug-likeness (QED) is 0.171. The first-order valence-electron chi connectivity index (χ1n) is 13.2. The number of halogens is 1. The predicted octanol–water partition coefficient (Wildman–Crippen LogP) is 6.30. The highest BCUT2D eigenvalue weighted by Crippen LogP contribution is 2.37. The van der Waals surface area contributed by atoms with Gasteiger partial charge in [0.2, 0.25) is 12.7 Å². The summed E-state index contributed by atoms with van der Waals surface area (Å²) in [6.45, 7) is 0.995. The van der Waals surface area contributed by atoms with Crippen LogP contribution in [-0.2, 0) is 17.9 Å². The number of nitrogens with zero attached hydrogens (tertiary/aromatic N) is 2. The van der Waals surface area contributed by atoms with Crippen LogP contribution >= 0.6 is 0 Å². The van der Waals surface area contributed by atoms with Gasteiger partial charge in [-0.15, -0.1) is 0 Å². The van der Waals surface area contributed by atoms with Gasteiger partial charge in [-0.05, 0) is 52.6 Å². The first kappa shape index (κ1) is 26.1. The molecular formula is C32H26FN3O5. The van der Waals surface area contributed by atoms with Gasteiger partial charge >= 0.3 is 0 Å². The van der Waals surface area contributed by atoms with E-state index in [-0.39, 0.29) is 37.2 Å². The van der Waals surface area contributed by atoms with E-state index >= 15 is 0 Å². The van der Waals surface area contributed by atoms with Crippen LogP contribution in [0.15, 0.2) is 97.2 Å². The molecule has 9 heteroatoms. The molecule has 1 aliphatic heterocycles. The van der Waals surface area contributed by atoms with E-state index in [4.69, 9.17) is 9.47 Å². The summed E-state index contributed by atoms with van der Waals surface area (Å²) in [5, 5.41) is 15.3. The zero-order chi connectivity index (χ0) is 28.3. The number of nitrogens with one attached hydrogen (secondary N) is 1. The minimum absolute atomic E-state index is 0.0404. The summed E-state index contributed by atoms with van der Waals surface area (Å²) in [6.07, 6.45) is 2.00. The van der Waals surface area contributed by atoms with E-state index in [1.165, 1.54) is 18.2 Å². The van der Waals surface area contributed by atoms with Crippen molar-refractivity contribution in [1.29, 1.82) is 0 Å². The van der Waals surface area contributed by atoms with Crippen LogP contribution in [0, 0.1) is 15.9 Å². The molecule has 6 rings (SSSR count). The van der Waals surface area contributed by atoms with Crippen LogP contribution in [-0.4, -0.2) is 22.2 Å². The highest BCUT2D eigenvalue weighted by atomic mass is 19.1. The van der Waals surface area contributed by atoms with Crippen LogP contribution < -0.4 is 14.8 Å². The predicted molar refractivity (Wildman–Crippen MR) is 151 cm³/mol. The summed E-state index contributed by atoms with van der Waals surface area (Å²) in [4.78, 5) is 24.6. The fraction of sp³-hybridized carbons (Fsp3) is 0.156. The number of carbonyl (C=O) groups excluding carboxylic acids is 1. The number of benzene rings is 4. The van der Waals surface area contributed by atoms with Gasteiger partial charge in [-0.3, -0.25) is 14.9 Å². The molecule has 1 unspecified atom stereocenters. The molecule has 8 nitrogen and oxygen atoms in total. The Hall–Kier alpha value is -5.18. The number of aromatic nitrogens is 1. The molecule has 0 spiro atoms. The number of carbonyl (C=O) groups is 1. The number of amides is 1. The second kappa shape index (κ2) is 11.1. The number of nitro benzene ring substituents is 1. The number of hydrogen-bond donors (Lipinski definition) is 1. The van der Waals surface area contributed by atoms with Crippen LogP contribution in [0.4, 0.5) is 10.1 Å². The number of hydrogen-bond acceptors (Lipinski definition) is 5. The second-order valence-corrected chi connectivity index (χ2v) is 9.93. The molecule has 0 saturated heterocycles. The first-order chi connectivity index (χ1) is 19.9. The van der Waals surface area contributed by atoms with Gasteiger partial charge in [0.05, 0.1) is 4.92 Å². The molecule has 0 saturated carbocycles. The molecule has 0 bridgehead atoms.